The van der Waals surface area contributed by atoms with Crippen LogP contribution in [0.3, 0.4) is 0 Å². The first-order valence-corrected chi connectivity index (χ1v) is 8.42. The second-order valence-electron chi connectivity index (χ2n) is 5.50. The summed E-state index contributed by atoms with van der Waals surface area (Å²) in [5.41, 5.74) is 7.54. The van der Waals surface area contributed by atoms with E-state index in [0.717, 1.165) is 19.5 Å². The van der Waals surface area contributed by atoms with Crippen molar-refractivity contribution in [2.45, 2.75) is 59.8 Å². The van der Waals surface area contributed by atoms with Crippen LogP contribution in [0.2, 0.25) is 0 Å². The highest BCUT2D eigenvalue weighted by Crippen LogP contribution is 2.19. The molecule has 116 valence electrons. The van der Waals surface area contributed by atoms with Crippen LogP contribution in [-0.4, -0.2) is 18.0 Å². The van der Waals surface area contributed by atoms with Gasteiger partial charge >= 0.3 is 0 Å². The molecule has 0 aromatic rings. The van der Waals surface area contributed by atoms with E-state index >= 15 is 0 Å². The van der Waals surface area contributed by atoms with E-state index in [1.54, 1.807) is 5.57 Å². The van der Waals surface area contributed by atoms with Crippen molar-refractivity contribution in [2.75, 3.05) is 13.1 Å². The van der Waals surface area contributed by atoms with E-state index in [0.29, 0.717) is 0 Å². The number of rotatable bonds is 6. The lowest BCUT2D eigenvalue weighted by Crippen LogP contribution is -2.23. The second kappa shape index (κ2) is 10.3. The third-order valence-electron chi connectivity index (χ3n) is 3.93. The molecule has 1 nitrogen and oxygen atoms in total. The minimum atomic E-state index is 1.03. The minimum absolute atomic E-state index is 1.03. The van der Waals surface area contributed by atoms with Crippen molar-refractivity contribution in [3.8, 4) is 0 Å². The Kier molecular flexibility index (Phi) is 8.62. The summed E-state index contributed by atoms with van der Waals surface area (Å²) in [7, 11) is 0. The molecule has 0 bridgehead atoms. The van der Waals surface area contributed by atoms with E-state index in [1.807, 2.05) is 13.0 Å². The Morgan fingerprint density at radius 1 is 1.24 bits per heavy atom. The normalized spacial score (nSPS) is 16.5. The van der Waals surface area contributed by atoms with Crippen LogP contribution in [0.15, 0.2) is 53.0 Å². The van der Waals surface area contributed by atoms with Gasteiger partial charge in [-0.05, 0) is 63.3 Å². The largest absolute Gasteiger partial charge is 0.371 e. The van der Waals surface area contributed by atoms with Gasteiger partial charge in [-0.3, -0.25) is 0 Å². The van der Waals surface area contributed by atoms with Gasteiger partial charge in [-0.1, -0.05) is 38.0 Å². The van der Waals surface area contributed by atoms with Crippen molar-refractivity contribution in [1.82, 2.24) is 4.90 Å². The monoisotopic (exact) mass is 285 g/mol. The molecule has 0 fully saturated rings. The van der Waals surface area contributed by atoms with E-state index in [4.69, 9.17) is 0 Å². The van der Waals surface area contributed by atoms with Crippen molar-refractivity contribution in [3.63, 3.8) is 0 Å². The lowest BCUT2D eigenvalue weighted by molar-refractivity contribution is 0.371. The van der Waals surface area contributed by atoms with Crippen molar-refractivity contribution in [2.24, 2.45) is 0 Å². The fourth-order valence-electron chi connectivity index (χ4n) is 2.75. The molecule has 1 aliphatic heterocycles. The molecule has 0 saturated heterocycles. The summed E-state index contributed by atoms with van der Waals surface area (Å²) in [5, 5.41) is 0. The molecular formula is C20H31N. The predicted molar refractivity (Wildman–Crippen MR) is 94.3 cm³/mol. The summed E-state index contributed by atoms with van der Waals surface area (Å²) in [6, 6.07) is 0. The molecule has 0 amide bonds. The first-order valence-electron chi connectivity index (χ1n) is 8.42. The maximum Gasteiger partial charge on any atom is 0.0323 e. The van der Waals surface area contributed by atoms with Gasteiger partial charge in [0.25, 0.3) is 0 Å². The van der Waals surface area contributed by atoms with Gasteiger partial charge in [0.05, 0.1) is 0 Å². The van der Waals surface area contributed by atoms with Crippen molar-refractivity contribution >= 4 is 0 Å². The molecule has 1 heteroatoms. The van der Waals surface area contributed by atoms with Gasteiger partial charge in [0.15, 0.2) is 0 Å². The Hall–Kier alpha value is -1.46. The number of hydrogen-bond donors (Lipinski definition) is 0. The lowest BCUT2D eigenvalue weighted by atomic mass is 10.1. The summed E-state index contributed by atoms with van der Waals surface area (Å²) in [5.74, 6) is 0. The van der Waals surface area contributed by atoms with Gasteiger partial charge in [-0.25, -0.2) is 0 Å². The maximum atomic E-state index is 3.30. The third kappa shape index (κ3) is 6.23. The molecule has 0 radical (unpaired) electrons. The average Bonchev–Trinajstić information content (AvgIpc) is 2.73. The Morgan fingerprint density at radius 3 is 2.67 bits per heavy atom. The van der Waals surface area contributed by atoms with Crippen molar-refractivity contribution in [1.29, 1.82) is 0 Å². The van der Waals surface area contributed by atoms with Crippen LogP contribution < -0.4 is 0 Å². The molecule has 0 aliphatic carbocycles. The van der Waals surface area contributed by atoms with Crippen LogP contribution in [-0.2, 0) is 0 Å². The molecule has 0 atom stereocenters. The van der Waals surface area contributed by atoms with Crippen LogP contribution in [0.4, 0.5) is 0 Å². The zero-order chi connectivity index (χ0) is 15.5. The fraction of sp³-hybridized carbons (Fsp3) is 0.550. The Labute approximate surface area is 131 Å². The number of nitrogens with zero attached hydrogens (tertiary/aromatic N) is 1. The van der Waals surface area contributed by atoms with Gasteiger partial charge in [-0.2, -0.15) is 0 Å². The van der Waals surface area contributed by atoms with Crippen molar-refractivity contribution < 1.29 is 0 Å². The molecule has 0 saturated carbocycles. The number of allylic oxidation sites excluding steroid dienone is 4. The molecule has 0 unspecified atom stereocenters. The van der Waals surface area contributed by atoms with Crippen molar-refractivity contribution in [3.05, 3.63) is 53.0 Å². The highest BCUT2D eigenvalue weighted by Gasteiger charge is 2.10. The highest BCUT2D eigenvalue weighted by atomic mass is 15.1. The van der Waals surface area contributed by atoms with E-state index < -0.39 is 0 Å². The van der Waals surface area contributed by atoms with Crippen LogP contribution in [0.1, 0.15) is 59.8 Å². The molecule has 1 heterocycles. The standard InChI is InChI=1S/C20H31N/c1-5-10-18(7-3)13-14-20(8-4)21-16-9-12-19(11-6-2)15-17-21/h5,8,12-14H,6-7,9,11,15-17H2,1-4H3. The maximum absolute atomic E-state index is 3.30. The van der Waals surface area contributed by atoms with Crippen LogP contribution in [0, 0.1) is 0 Å². The molecule has 0 spiro atoms. The molecule has 1 aliphatic rings. The van der Waals surface area contributed by atoms with Gasteiger partial charge in [0.1, 0.15) is 0 Å². The van der Waals surface area contributed by atoms with E-state index in [9.17, 15) is 0 Å². The first-order chi connectivity index (χ1) is 10.2. The molecule has 1 rings (SSSR count). The Balaban J connectivity index is 2.70. The molecule has 21 heavy (non-hydrogen) atoms. The zero-order valence-electron chi connectivity index (χ0n) is 14.3. The highest BCUT2D eigenvalue weighted by molar-refractivity contribution is 5.27. The quantitative estimate of drug-likeness (QED) is 0.340. The van der Waals surface area contributed by atoms with Crippen LogP contribution in [0.25, 0.3) is 0 Å². The Bertz CT molecular complexity index is 456. The molecule has 0 aromatic carbocycles. The smallest absolute Gasteiger partial charge is 0.0323 e. The van der Waals surface area contributed by atoms with E-state index in [2.05, 4.69) is 55.7 Å². The number of hydrogen-bond acceptors (Lipinski definition) is 1. The van der Waals surface area contributed by atoms with E-state index in [1.165, 1.54) is 37.0 Å². The lowest BCUT2D eigenvalue weighted by Gasteiger charge is -2.24. The Morgan fingerprint density at radius 2 is 2.05 bits per heavy atom. The molecule has 0 N–H and O–H groups in total. The molecular weight excluding hydrogens is 254 g/mol. The van der Waals surface area contributed by atoms with Gasteiger partial charge in [0.2, 0.25) is 0 Å². The summed E-state index contributed by atoms with van der Waals surface area (Å²) in [4.78, 5) is 2.51. The van der Waals surface area contributed by atoms with Gasteiger partial charge < -0.3 is 4.90 Å². The third-order valence-corrected chi connectivity index (χ3v) is 3.93. The summed E-state index contributed by atoms with van der Waals surface area (Å²) in [6.07, 6.45) is 17.1. The van der Waals surface area contributed by atoms with Crippen LogP contribution >= 0.6 is 0 Å². The summed E-state index contributed by atoms with van der Waals surface area (Å²) >= 11 is 0. The zero-order valence-corrected chi connectivity index (χ0v) is 14.3. The fourth-order valence-corrected chi connectivity index (χ4v) is 2.75. The van der Waals surface area contributed by atoms with Gasteiger partial charge in [0, 0.05) is 18.8 Å². The predicted octanol–water partition coefficient (Wildman–Crippen LogP) is 5.78. The molecule has 0 aromatic heterocycles. The van der Waals surface area contributed by atoms with Crippen LogP contribution in [0.5, 0.6) is 0 Å². The second-order valence-corrected chi connectivity index (χ2v) is 5.50. The van der Waals surface area contributed by atoms with Gasteiger partial charge in [-0.15, -0.1) is 5.73 Å². The topological polar surface area (TPSA) is 3.24 Å². The first kappa shape index (κ1) is 17.6. The SMILES string of the molecule is CC=C=C(C=CC(=CC)N1CCC=C(CCC)CC1)CC. The van der Waals surface area contributed by atoms with E-state index in [-0.39, 0.29) is 0 Å². The minimum Gasteiger partial charge on any atom is -0.371 e. The summed E-state index contributed by atoms with van der Waals surface area (Å²) < 4.78 is 0. The summed E-state index contributed by atoms with van der Waals surface area (Å²) in [6.45, 7) is 10.9. The average molecular weight is 285 g/mol.